The van der Waals surface area contributed by atoms with Crippen molar-refractivity contribution in [3.63, 3.8) is 0 Å². The fourth-order valence-electron chi connectivity index (χ4n) is 2.85. The smallest absolute Gasteiger partial charge is 0.249 e. The van der Waals surface area contributed by atoms with Crippen molar-refractivity contribution in [1.82, 2.24) is 10.5 Å². The summed E-state index contributed by atoms with van der Waals surface area (Å²) in [5, 5.41) is 0. The summed E-state index contributed by atoms with van der Waals surface area (Å²) in [5.74, 6) is -0.121. The number of carbonyl (C=O) groups excluding carboxylic acids is 1. The van der Waals surface area contributed by atoms with Crippen LogP contribution in [0.5, 0.6) is 0 Å². The molecule has 3 heterocycles. The molecule has 0 radical (unpaired) electrons. The van der Waals surface area contributed by atoms with Crippen molar-refractivity contribution in [3.05, 3.63) is 29.6 Å². The van der Waals surface area contributed by atoms with Crippen molar-refractivity contribution in [1.29, 1.82) is 0 Å². The summed E-state index contributed by atoms with van der Waals surface area (Å²) in [6.07, 6.45) is 3.26. The van der Waals surface area contributed by atoms with Crippen LogP contribution in [0, 0.1) is 12.8 Å². The normalized spacial score (nSPS) is 28.6. The van der Waals surface area contributed by atoms with Crippen LogP contribution < -0.4 is 5.48 Å². The Kier molecular flexibility index (Phi) is 3.48. The van der Waals surface area contributed by atoms with Crippen molar-refractivity contribution in [2.75, 3.05) is 0 Å². The molecular formula is C14H18N2O3. The fourth-order valence-corrected chi connectivity index (χ4v) is 2.85. The highest BCUT2D eigenvalue weighted by Gasteiger charge is 2.44. The summed E-state index contributed by atoms with van der Waals surface area (Å²) in [4.78, 5) is 21.5. The Morgan fingerprint density at radius 1 is 1.53 bits per heavy atom. The van der Waals surface area contributed by atoms with E-state index in [1.807, 2.05) is 25.1 Å². The molecular weight excluding hydrogens is 244 g/mol. The molecule has 2 bridgehead atoms. The fraction of sp³-hybridized carbons (Fsp3) is 0.571. The van der Waals surface area contributed by atoms with Gasteiger partial charge < -0.3 is 4.74 Å². The van der Waals surface area contributed by atoms with E-state index in [0.717, 1.165) is 30.7 Å². The molecule has 5 heteroatoms. The number of carbonyl (C=O) groups is 1. The molecule has 1 amide bonds. The number of pyridine rings is 1. The topological polar surface area (TPSA) is 60.5 Å². The van der Waals surface area contributed by atoms with Crippen molar-refractivity contribution in [2.45, 2.75) is 45.0 Å². The molecule has 0 saturated carbocycles. The van der Waals surface area contributed by atoms with Gasteiger partial charge in [-0.1, -0.05) is 6.07 Å². The van der Waals surface area contributed by atoms with Gasteiger partial charge in [-0.05, 0) is 38.3 Å². The van der Waals surface area contributed by atoms with Crippen LogP contribution in [0.1, 0.15) is 30.7 Å². The second-order valence-electron chi connectivity index (χ2n) is 5.24. The zero-order valence-electron chi connectivity index (χ0n) is 11.0. The van der Waals surface area contributed by atoms with Crippen LogP contribution in [0.25, 0.3) is 0 Å². The number of hydrogen-bond donors (Lipinski definition) is 1. The zero-order chi connectivity index (χ0) is 13.2. The molecule has 0 spiro atoms. The van der Waals surface area contributed by atoms with Gasteiger partial charge in [-0.3, -0.25) is 14.6 Å². The van der Waals surface area contributed by atoms with Gasteiger partial charge >= 0.3 is 0 Å². The van der Waals surface area contributed by atoms with Crippen LogP contribution in [-0.4, -0.2) is 23.1 Å². The molecule has 102 valence electrons. The van der Waals surface area contributed by atoms with Gasteiger partial charge in [-0.2, -0.15) is 0 Å². The van der Waals surface area contributed by atoms with Crippen molar-refractivity contribution in [2.24, 2.45) is 5.92 Å². The molecule has 0 unspecified atom stereocenters. The average Bonchev–Trinajstić information content (AvgIpc) is 3.01. The maximum Gasteiger partial charge on any atom is 0.249 e. The quantitative estimate of drug-likeness (QED) is 0.835. The monoisotopic (exact) mass is 262 g/mol. The van der Waals surface area contributed by atoms with E-state index in [1.165, 1.54) is 0 Å². The number of ether oxygens (including phenoxy) is 1. The van der Waals surface area contributed by atoms with Gasteiger partial charge in [0, 0.05) is 5.69 Å². The van der Waals surface area contributed by atoms with E-state index >= 15 is 0 Å². The molecule has 1 aromatic heterocycles. The Morgan fingerprint density at radius 3 is 3.11 bits per heavy atom. The van der Waals surface area contributed by atoms with Crippen LogP contribution in [0.15, 0.2) is 18.2 Å². The Balaban J connectivity index is 1.46. The summed E-state index contributed by atoms with van der Waals surface area (Å²) < 4.78 is 5.66. The second kappa shape index (κ2) is 5.27. The van der Waals surface area contributed by atoms with Gasteiger partial charge in [-0.25, -0.2) is 5.48 Å². The van der Waals surface area contributed by atoms with E-state index in [2.05, 4.69) is 10.5 Å². The molecule has 0 aliphatic carbocycles. The molecule has 1 aromatic rings. The van der Waals surface area contributed by atoms with Gasteiger partial charge in [0.2, 0.25) is 5.91 Å². The van der Waals surface area contributed by atoms with Crippen molar-refractivity contribution >= 4 is 5.91 Å². The Hall–Kier alpha value is -1.46. The Bertz CT molecular complexity index is 478. The van der Waals surface area contributed by atoms with Gasteiger partial charge in [0.1, 0.15) is 6.61 Å². The third-order valence-electron chi connectivity index (χ3n) is 3.78. The number of amides is 1. The second-order valence-corrected chi connectivity index (χ2v) is 5.24. The summed E-state index contributed by atoms with van der Waals surface area (Å²) in [6, 6.07) is 5.72. The molecule has 2 saturated heterocycles. The van der Waals surface area contributed by atoms with Gasteiger partial charge in [0.25, 0.3) is 0 Å². The number of hydrogen-bond acceptors (Lipinski definition) is 4. The summed E-state index contributed by atoms with van der Waals surface area (Å²) in [5.41, 5.74) is 4.27. The first-order chi connectivity index (χ1) is 9.22. The molecule has 3 atom stereocenters. The molecule has 2 fully saturated rings. The molecule has 1 N–H and O–H groups in total. The number of aryl methyl sites for hydroxylation is 1. The Labute approximate surface area is 112 Å². The highest BCUT2D eigenvalue weighted by atomic mass is 16.7. The third-order valence-corrected chi connectivity index (χ3v) is 3.78. The SMILES string of the molecule is Cc1cccc(CONC(=O)[C@@H]2C[C@H]3CC[C@@H]2O3)n1. The van der Waals surface area contributed by atoms with E-state index in [0.29, 0.717) is 0 Å². The van der Waals surface area contributed by atoms with Crippen LogP contribution in [0.3, 0.4) is 0 Å². The molecule has 2 aliphatic heterocycles. The first-order valence-electron chi connectivity index (χ1n) is 6.72. The highest BCUT2D eigenvalue weighted by molar-refractivity contribution is 5.78. The molecule has 2 aliphatic rings. The first kappa shape index (κ1) is 12.6. The predicted octanol–water partition coefficient (Wildman–Crippen LogP) is 1.51. The van der Waals surface area contributed by atoms with Gasteiger partial charge in [0.15, 0.2) is 0 Å². The average molecular weight is 262 g/mol. The maximum atomic E-state index is 12.0. The summed E-state index contributed by atoms with van der Waals surface area (Å²) in [7, 11) is 0. The molecule has 3 rings (SSSR count). The molecule has 0 aromatic carbocycles. The van der Waals surface area contributed by atoms with Crippen molar-refractivity contribution < 1.29 is 14.4 Å². The van der Waals surface area contributed by atoms with Crippen LogP contribution >= 0.6 is 0 Å². The summed E-state index contributed by atoms with van der Waals surface area (Å²) >= 11 is 0. The number of nitrogens with zero attached hydrogens (tertiary/aromatic N) is 1. The lowest BCUT2D eigenvalue weighted by molar-refractivity contribution is -0.140. The number of nitrogens with one attached hydrogen (secondary N) is 1. The number of rotatable bonds is 4. The van der Waals surface area contributed by atoms with Crippen LogP contribution in [-0.2, 0) is 21.0 Å². The highest BCUT2D eigenvalue weighted by Crippen LogP contribution is 2.38. The van der Waals surface area contributed by atoms with Crippen LogP contribution in [0.2, 0.25) is 0 Å². The van der Waals surface area contributed by atoms with Crippen molar-refractivity contribution in [3.8, 4) is 0 Å². The minimum Gasteiger partial charge on any atom is -0.374 e. The minimum absolute atomic E-state index is 0.0516. The Morgan fingerprint density at radius 2 is 2.42 bits per heavy atom. The zero-order valence-corrected chi connectivity index (χ0v) is 11.0. The number of hydroxylamine groups is 1. The van der Waals surface area contributed by atoms with Gasteiger partial charge in [-0.15, -0.1) is 0 Å². The number of fused-ring (bicyclic) bond motifs is 2. The van der Waals surface area contributed by atoms with E-state index in [9.17, 15) is 4.79 Å². The lowest BCUT2D eigenvalue weighted by Gasteiger charge is -2.17. The van der Waals surface area contributed by atoms with E-state index < -0.39 is 0 Å². The van der Waals surface area contributed by atoms with E-state index in [1.54, 1.807) is 0 Å². The molecule has 19 heavy (non-hydrogen) atoms. The standard InChI is InChI=1S/C14H18N2O3/c1-9-3-2-4-10(15-9)8-18-16-14(17)12-7-11-5-6-13(12)19-11/h2-4,11-13H,5-8H2,1H3,(H,16,17)/t11-,12-,13+/m1/s1. The maximum absolute atomic E-state index is 12.0. The first-order valence-corrected chi connectivity index (χ1v) is 6.72. The van der Waals surface area contributed by atoms with E-state index in [-0.39, 0.29) is 30.6 Å². The van der Waals surface area contributed by atoms with Gasteiger partial charge in [0.05, 0.1) is 23.8 Å². The largest absolute Gasteiger partial charge is 0.374 e. The van der Waals surface area contributed by atoms with Crippen LogP contribution in [0.4, 0.5) is 0 Å². The third kappa shape index (κ3) is 2.77. The lowest BCUT2D eigenvalue weighted by atomic mass is 9.89. The molecule has 5 nitrogen and oxygen atoms in total. The number of aromatic nitrogens is 1. The van der Waals surface area contributed by atoms with E-state index in [4.69, 9.17) is 9.57 Å². The predicted molar refractivity (Wildman–Crippen MR) is 67.9 cm³/mol. The minimum atomic E-state index is -0.0696. The lowest BCUT2D eigenvalue weighted by Crippen LogP contribution is -2.36. The summed E-state index contributed by atoms with van der Waals surface area (Å²) in [6.45, 7) is 2.21.